The molecule has 0 atom stereocenters. The molecule has 0 fully saturated rings. The van der Waals surface area contributed by atoms with Crippen molar-refractivity contribution in [3.8, 4) is 0 Å². The van der Waals surface area contributed by atoms with Crippen LogP contribution in [-0.4, -0.2) is 17.9 Å². The zero-order chi connectivity index (χ0) is 17.8. The third-order valence-electron chi connectivity index (χ3n) is 3.99. The molecule has 25 heavy (non-hydrogen) atoms. The van der Waals surface area contributed by atoms with Crippen LogP contribution in [0.15, 0.2) is 66.9 Å². The largest absolute Gasteiger partial charge is 0.340 e. The monoisotopic (exact) mass is 351 g/mol. The fraction of sp³-hybridized carbons (Fsp3) is 0.100. The van der Waals surface area contributed by atoms with Crippen LogP contribution in [0.2, 0.25) is 5.02 Å². The molecule has 1 heterocycles. The van der Waals surface area contributed by atoms with Crippen LogP contribution in [0.25, 0.3) is 0 Å². The lowest BCUT2D eigenvalue weighted by atomic mass is 10.2. The number of para-hydroxylation sites is 1. The van der Waals surface area contributed by atoms with Gasteiger partial charge in [-0.05, 0) is 48.9 Å². The van der Waals surface area contributed by atoms with E-state index in [1.54, 1.807) is 30.3 Å². The van der Waals surface area contributed by atoms with Crippen molar-refractivity contribution in [2.75, 3.05) is 17.3 Å². The van der Waals surface area contributed by atoms with Gasteiger partial charge >= 0.3 is 0 Å². The van der Waals surface area contributed by atoms with Crippen LogP contribution < -0.4 is 10.2 Å². The van der Waals surface area contributed by atoms with Gasteiger partial charge in [-0.2, -0.15) is 0 Å². The standard InChI is InChI=1S/C20H18ClN3O/c1-14-17(21)9-6-10-18(14)23-19-12-11-15(13-22-19)20(25)24(2)16-7-4-3-5-8-16/h3-13H,1-2H3,(H,22,23). The molecule has 1 N–H and O–H groups in total. The molecule has 4 nitrogen and oxygen atoms in total. The zero-order valence-electron chi connectivity index (χ0n) is 14.0. The van der Waals surface area contributed by atoms with Crippen molar-refractivity contribution < 1.29 is 4.79 Å². The molecule has 0 spiro atoms. The van der Waals surface area contributed by atoms with Gasteiger partial charge < -0.3 is 10.2 Å². The Morgan fingerprint density at radius 1 is 1.04 bits per heavy atom. The smallest absolute Gasteiger partial charge is 0.259 e. The highest BCUT2D eigenvalue weighted by molar-refractivity contribution is 6.31. The lowest BCUT2D eigenvalue weighted by Crippen LogP contribution is -2.26. The first kappa shape index (κ1) is 17.0. The molecule has 0 radical (unpaired) electrons. The normalized spacial score (nSPS) is 10.4. The summed E-state index contributed by atoms with van der Waals surface area (Å²) in [4.78, 5) is 18.5. The van der Waals surface area contributed by atoms with Crippen LogP contribution in [0.5, 0.6) is 0 Å². The Labute approximate surface area is 152 Å². The Balaban J connectivity index is 1.76. The molecule has 0 aliphatic rings. The van der Waals surface area contributed by atoms with Crippen LogP contribution >= 0.6 is 11.6 Å². The number of carbonyl (C=O) groups excluding carboxylic acids is 1. The molecule has 1 aromatic heterocycles. The fourth-order valence-corrected chi connectivity index (χ4v) is 2.61. The summed E-state index contributed by atoms with van der Waals surface area (Å²) >= 11 is 6.13. The molecule has 0 saturated heterocycles. The van der Waals surface area contributed by atoms with Gasteiger partial charge in [-0.1, -0.05) is 35.9 Å². The number of aromatic nitrogens is 1. The highest BCUT2D eigenvalue weighted by Crippen LogP contribution is 2.25. The highest BCUT2D eigenvalue weighted by Gasteiger charge is 2.13. The predicted octanol–water partition coefficient (Wildman–Crippen LogP) is 5.06. The summed E-state index contributed by atoms with van der Waals surface area (Å²) in [5, 5.41) is 3.92. The van der Waals surface area contributed by atoms with Gasteiger partial charge in [0.05, 0.1) is 5.56 Å². The van der Waals surface area contributed by atoms with Gasteiger partial charge in [0, 0.05) is 29.6 Å². The second kappa shape index (κ2) is 7.36. The van der Waals surface area contributed by atoms with E-state index in [1.165, 1.54) is 0 Å². The van der Waals surface area contributed by atoms with Crippen LogP contribution in [-0.2, 0) is 0 Å². The van der Waals surface area contributed by atoms with Crippen molar-refractivity contribution in [2.45, 2.75) is 6.92 Å². The van der Waals surface area contributed by atoms with Crippen LogP contribution in [0.1, 0.15) is 15.9 Å². The Morgan fingerprint density at radius 3 is 2.48 bits per heavy atom. The summed E-state index contributed by atoms with van der Waals surface area (Å²) in [6.07, 6.45) is 1.57. The number of hydrogen-bond donors (Lipinski definition) is 1. The van der Waals surface area contributed by atoms with E-state index < -0.39 is 0 Å². The first-order valence-electron chi connectivity index (χ1n) is 7.87. The molecule has 1 amide bonds. The number of halogens is 1. The Kier molecular flexibility index (Phi) is 5.00. The Morgan fingerprint density at radius 2 is 1.80 bits per heavy atom. The molecule has 0 aliphatic carbocycles. The fourth-order valence-electron chi connectivity index (χ4n) is 2.44. The quantitative estimate of drug-likeness (QED) is 0.714. The second-order valence-corrected chi connectivity index (χ2v) is 6.08. The number of rotatable bonds is 4. The number of amides is 1. The van der Waals surface area contributed by atoms with Crippen molar-refractivity contribution in [2.24, 2.45) is 0 Å². The minimum absolute atomic E-state index is 0.107. The minimum atomic E-state index is -0.107. The lowest BCUT2D eigenvalue weighted by molar-refractivity contribution is 0.0992. The number of pyridine rings is 1. The summed E-state index contributed by atoms with van der Waals surface area (Å²) in [6.45, 7) is 1.94. The third-order valence-corrected chi connectivity index (χ3v) is 4.40. The van der Waals surface area contributed by atoms with Crippen molar-refractivity contribution in [3.05, 3.63) is 83.0 Å². The van der Waals surface area contributed by atoms with E-state index in [1.807, 2.05) is 55.5 Å². The maximum Gasteiger partial charge on any atom is 0.259 e. The number of benzene rings is 2. The first-order valence-corrected chi connectivity index (χ1v) is 8.25. The predicted molar refractivity (Wildman–Crippen MR) is 103 cm³/mol. The average Bonchev–Trinajstić information content (AvgIpc) is 2.65. The Bertz CT molecular complexity index is 879. The number of nitrogens with one attached hydrogen (secondary N) is 1. The zero-order valence-corrected chi connectivity index (χ0v) is 14.8. The Hall–Kier alpha value is -2.85. The summed E-state index contributed by atoms with van der Waals surface area (Å²) in [5.41, 5.74) is 3.21. The van der Waals surface area contributed by atoms with Crippen LogP contribution in [0.3, 0.4) is 0 Å². The summed E-state index contributed by atoms with van der Waals surface area (Å²) < 4.78 is 0. The van der Waals surface area contributed by atoms with Gasteiger partial charge in [0.1, 0.15) is 5.82 Å². The molecule has 0 bridgehead atoms. The number of nitrogens with zero attached hydrogens (tertiary/aromatic N) is 2. The van der Waals surface area contributed by atoms with Crippen molar-refractivity contribution in [1.82, 2.24) is 4.98 Å². The van der Waals surface area contributed by atoms with E-state index in [4.69, 9.17) is 11.6 Å². The summed E-state index contributed by atoms with van der Waals surface area (Å²) in [7, 11) is 1.75. The first-order chi connectivity index (χ1) is 12.1. The molecule has 0 unspecified atom stereocenters. The number of carbonyl (C=O) groups is 1. The van der Waals surface area contributed by atoms with Gasteiger partial charge in [0.25, 0.3) is 5.91 Å². The van der Waals surface area contributed by atoms with Gasteiger partial charge in [-0.3, -0.25) is 4.79 Å². The van der Waals surface area contributed by atoms with E-state index in [9.17, 15) is 4.79 Å². The van der Waals surface area contributed by atoms with E-state index in [0.717, 1.165) is 16.9 Å². The second-order valence-electron chi connectivity index (χ2n) is 5.67. The molecule has 126 valence electrons. The molecule has 0 aliphatic heterocycles. The van der Waals surface area contributed by atoms with Gasteiger partial charge in [-0.15, -0.1) is 0 Å². The number of anilines is 3. The van der Waals surface area contributed by atoms with Gasteiger partial charge in [0.2, 0.25) is 0 Å². The molecule has 3 aromatic rings. The van der Waals surface area contributed by atoms with E-state index in [0.29, 0.717) is 16.4 Å². The molecule has 2 aromatic carbocycles. The van der Waals surface area contributed by atoms with Crippen LogP contribution in [0.4, 0.5) is 17.2 Å². The van der Waals surface area contributed by atoms with E-state index in [-0.39, 0.29) is 5.91 Å². The van der Waals surface area contributed by atoms with Crippen molar-refractivity contribution in [3.63, 3.8) is 0 Å². The molecule has 0 saturated carbocycles. The highest BCUT2D eigenvalue weighted by atomic mass is 35.5. The molecular weight excluding hydrogens is 334 g/mol. The van der Waals surface area contributed by atoms with Gasteiger partial charge in [-0.25, -0.2) is 4.98 Å². The van der Waals surface area contributed by atoms with Gasteiger partial charge in [0.15, 0.2) is 0 Å². The lowest BCUT2D eigenvalue weighted by Gasteiger charge is -2.17. The maximum atomic E-state index is 12.6. The number of hydrogen-bond acceptors (Lipinski definition) is 3. The van der Waals surface area contributed by atoms with Crippen LogP contribution in [0, 0.1) is 6.92 Å². The summed E-state index contributed by atoms with van der Waals surface area (Å²) in [5.74, 6) is 0.550. The maximum absolute atomic E-state index is 12.6. The average molecular weight is 352 g/mol. The van der Waals surface area contributed by atoms with Crippen molar-refractivity contribution in [1.29, 1.82) is 0 Å². The SMILES string of the molecule is Cc1c(Cl)cccc1Nc1ccc(C(=O)N(C)c2ccccc2)cn1. The summed E-state index contributed by atoms with van der Waals surface area (Å²) in [6, 6.07) is 18.7. The molecule has 5 heteroatoms. The molecular formula is C20H18ClN3O. The van der Waals surface area contributed by atoms with E-state index >= 15 is 0 Å². The minimum Gasteiger partial charge on any atom is -0.340 e. The third kappa shape index (κ3) is 3.80. The van der Waals surface area contributed by atoms with Crippen molar-refractivity contribution >= 4 is 34.7 Å². The topological polar surface area (TPSA) is 45.2 Å². The molecule has 3 rings (SSSR count). The van der Waals surface area contributed by atoms with E-state index in [2.05, 4.69) is 10.3 Å².